The summed E-state index contributed by atoms with van der Waals surface area (Å²) in [5.41, 5.74) is 3.36. The van der Waals surface area contributed by atoms with Gasteiger partial charge in [-0.15, -0.1) is 0 Å². The highest BCUT2D eigenvalue weighted by Gasteiger charge is 2.25. The predicted octanol–water partition coefficient (Wildman–Crippen LogP) is 2.03. The van der Waals surface area contributed by atoms with E-state index < -0.39 is 0 Å². The van der Waals surface area contributed by atoms with Gasteiger partial charge in [-0.05, 0) is 72.0 Å². The normalized spacial score (nSPS) is 19.3. The monoisotopic (exact) mass is 348 g/mol. The summed E-state index contributed by atoms with van der Waals surface area (Å²) in [5, 5.41) is 8.28. The molecule has 1 N–H and O–H groups in total. The van der Waals surface area contributed by atoms with E-state index in [-0.39, 0.29) is 12.5 Å². The molecule has 0 atom stereocenters. The molecule has 25 heavy (non-hydrogen) atoms. The first-order valence-electron chi connectivity index (χ1n) is 9.71. The first kappa shape index (κ1) is 18.4. The minimum atomic E-state index is -0.220. The SMILES string of the molecule is CCOC(=O)Cn1nc(C)c(CN2CCC(NCC3CC3)CC2)c1C. The molecule has 140 valence electrons. The maximum absolute atomic E-state index is 11.7. The molecular formula is C19H32N4O2. The van der Waals surface area contributed by atoms with Crippen molar-refractivity contribution in [2.45, 2.75) is 65.6 Å². The summed E-state index contributed by atoms with van der Waals surface area (Å²) in [4.78, 5) is 14.2. The third-order valence-corrected chi connectivity index (χ3v) is 5.48. The van der Waals surface area contributed by atoms with Crippen LogP contribution in [0.4, 0.5) is 0 Å². The van der Waals surface area contributed by atoms with Gasteiger partial charge in [0.05, 0.1) is 12.3 Å². The fourth-order valence-corrected chi connectivity index (χ4v) is 3.62. The number of piperidine rings is 1. The fourth-order valence-electron chi connectivity index (χ4n) is 3.62. The van der Waals surface area contributed by atoms with Crippen LogP contribution in [0.25, 0.3) is 0 Å². The lowest BCUT2D eigenvalue weighted by molar-refractivity contribution is -0.144. The largest absolute Gasteiger partial charge is 0.465 e. The van der Waals surface area contributed by atoms with Gasteiger partial charge in [0, 0.05) is 23.8 Å². The quantitative estimate of drug-likeness (QED) is 0.729. The molecule has 0 unspecified atom stereocenters. The van der Waals surface area contributed by atoms with Gasteiger partial charge in [0.25, 0.3) is 0 Å². The topological polar surface area (TPSA) is 59.4 Å². The van der Waals surface area contributed by atoms with Crippen LogP contribution in [0, 0.1) is 19.8 Å². The molecule has 1 aliphatic heterocycles. The second kappa shape index (κ2) is 8.32. The van der Waals surface area contributed by atoms with Gasteiger partial charge < -0.3 is 10.1 Å². The van der Waals surface area contributed by atoms with Crippen molar-refractivity contribution in [1.29, 1.82) is 0 Å². The lowest BCUT2D eigenvalue weighted by Gasteiger charge is -2.32. The van der Waals surface area contributed by atoms with Crippen LogP contribution in [0.1, 0.15) is 49.6 Å². The Bertz CT molecular complexity index is 586. The van der Waals surface area contributed by atoms with Crippen LogP contribution in [-0.4, -0.2) is 52.9 Å². The minimum Gasteiger partial charge on any atom is -0.465 e. The van der Waals surface area contributed by atoms with Gasteiger partial charge in [-0.1, -0.05) is 0 Å². The third-order valence-electron chi connectivity index (χ3n) is 5.48. The minimum absolute atomic E-state index is 0.202. The Hall–Kier alpha value is -1.40. The summed E-state index contributed by atoms with van der Waals surface area (Å²) in [7, 11) is 0. The maximum atomic E-state index is 11.7. The van der Waals surface area contributed by atoms with E-state index in [0.29, 0.717) is 12.6 Å². The van der Waals surface area contributed by atoms with E-state index in [2.05, 4.69) is 22.2 Å². The molecule has 6 nitrogen and oxygen atoms in total. The van der Waals surface area contributed by atoms with Crippen molar-refractivity contribution in [3.63, 3.8) is 0 Å². The Kier molecular flexibility index (Phi) is 6.12. The molecule has 2 aliphatic rings. The van der Waals surface area contributed by atoms with Crippen molar-refractivity contribution in [3.05, 3.63) is 17.0 Å². The molecule has 0 spiro atoms. The van der Waals surface area contributed by atoms with Gasteiger partial charge in [0.15, 0.2) is 0 Å². The van der Waals surface area contributed by atoms with Gasteiger partial charge in [-0.25, -0.2) is 0 Å². The number of ether oxygens (including phenoxy) is 1. The summed E-state index contributed by atoms with van der Waals surface area (Å²) in [5.74, 6) is 0.732. The van der Waals surface area contributed by atoms with E-state index in [0.717, 1.165) is 36.9 Å². The van der Waals surface area contributed by atoms with Crippen LogP contribution in [0.3, 0.4) is 0 Å². The summed E-state index contributed by atoms with van der Waals surface area (Å²) in [6.07, 6.45) is 5.28. The van der Waals surface area contributed by atoms with Crippen molar-refractivity contribution in [2.75, 3.05) is 26.2 Å². The molecule has 1 saturated carbocycles. The number of rotatable bonds is 8. The van der Waals surface area contributed by atoms with E-state index in [9.17, 15) is 4.79 Å². The van der Waals surface area contributed by atoms with Crippen LogP contribution in [0.5, 0.6) is 0 Å². The van der Waals surface area contributed by atoms with Crippen LogP contribution in [-0.2, 0) is 22.6 Å². The highest BCUT2D eigenvalue weighted by Crippen LogP contribution is 2.28. The van der Waals surface area contributed by atoms with Crippen molar-refractivity contribution in [2.24, 2.45) is 5.92 Å². The first-order chi connectivity index (χ1) is 12.1. The number of aromatic nitrogens is 2. The number of hydrogen-bond donors (Lipinski definition) is 1. The van der Waals surface area contributed by atoms with Gasteiger partial charge in [-0.2, -0.15) is 5.10 Å². The van der Waals surface area contributed by atoms with Crippen LogP contribution < -0.4 is 5.32 Å². The van der Waals surface area contributed by atoms with E-state index in [1.165, 1.54) is 37.8 Å². The molecule has 6 heteroatoms. The standard InChI is InChI=1S/C19H32N4O2/c1-4-25-19(24)13-23-15(3)18(14(2)21-23)12-22-9-7-17(8-10-22)20-11-16-5-6-16/h16-17,20H,4-13H2,1-3H3. The average molecular weight is 348 g/mol. The second-order valence-electron chi connectivity index (χ2n) is 7.51. The smallest absolute Gasteiger partial charge is 0.327 e. The Morgan fingerprint density at radius 3 is 2.60 bits per heavy atom. The van der Waals surface area contributed by atoms with Crippen molar-refractivity contribution in [1.82, 2.24) is 20.0 Å². The van der Waals surface area contributed by atoms with Crippen LogP contribution in [0.2, 0.25) is 0 Å². The zero-order chi connectivity index (χ0) is 17.8. The van der Waals surface area contributed by atoms with Gasteiger partial charge in [0.1, 0.15) is 6.54 Å². The summed E-state index contributed by atoms with van der Waals surface area (Å²) >= 11 is 0. The Labute approximate surface area is 150 Å². The summed E-state index contributed by atoms with van der Waals surface area (Å²) < 4.78 is 6.82. The molecule has 1 aromatic rings. The Morgan fingerprint density at radius 2 is 1.96 bits per heavy atom. The third kappa shape index (κ3) is 5.05. The molecule has 1 aliphatic carbocycles. The molecule has 0 radical (unpaired) electrons. The number of carbonyl (C=O) groups is 1. The molecule has 3 rings (SSSR count). The fraction of sp³-hybridized carbons (Fsp3) is 0.789. The number of nitrogens with zero attached hydrogens (tertiary/aromatic N) is 3. The van der Waals surface area contributed by atoms with Crippen LogP contribution >= 0.6 is 0 Å². The zero-order valence-electron chi connectivity index (χ0n) is 15.9. The second-order valence-corrected chi connectivity index (χ2v) is 7.51. The number of hydrogen-bond acceptors (Lipinski definition) is 5. The molecule has 0 bridgehead atoms. The maximum Gasteiger partial charge on any atom is 0.327 e. The summed E-state index contributed by atoms with van der Waals surface area (Å²) in [6, 6.07) is 0.686. The summed E-state index contributed by atoms with van der Waals surface area (Å²) in [6.45, 7) is 10.9. The van der Waals surface area contributed by atoms with Crippen molar-refractivity contribution in [3.8, 4) is 0 Å². The number of nitrogens with one attached hydrogen (secondary N) is 1. The average Bonchev–Trinajstić information content (AvgIpc) is 3.38. The van der Waals surface area contributed by atoms with Gasteiger partial charge in [-0.3, -0.25) is 14.4 Å². The lowest BCUT2D eigenvalue weighted by atomic mass is 10.0. The van der Waals surface area contributed by atoms with Gasteiger partial charge >= 0.3 is 5.97 Å². The van der Waals surface area contributed by atoms with E-state index >= 15 is 0 Å². The molecule has 0 aromatic carbocycles. The van der Waals surface area contributed by atoms with Crippen molar-refractivity contribution < 1.29 is 9.53 Å². The zero-order valence-corrected chi connectivity index (χ0v) is 15.9. The number of esters is 1. The molecule has 0 amide bonds. The molecular weight excluding hydrogens is 316 g/mol. The predicted molar refractivity (Wildman–Crippen MR) is 97.4 cm³/mol. The van der Waals surface area contributed by atoms with Crippen LogP contribution in [0.15, 0.2) is 0 Å². The lowest BCUT2D eigenvalue weighted by Crippen LogP contribution is -2.42. The number of aryl methyl sites for hydroxylation is 1. The molecule has 2 fully saturated rings. The van der Waals surface area contributed by atoms with E-state index in [4.69, 9.17) is 4.74 Å². The Morgan fingerprint density at radius 1 is 1.24 bits per heavy atom. The highest BCUT2D eigenvalue weighted by molar-refractivity contribution is 5.69. The molecule has 1 saturated heterocycles. The van der Waals surface area contributed by atoms with Gasteiger partial charge in [0.2, 0.25) is 0 Å². The number of likely N-dealkylation sites (tertiary alicyclic amines) is 1. The van der Waals surface area contributed by atoms with E-state index in [1.54, 1.807) is 4.68 Å². The number of carbonyl (C=O) groups excluding carboxylic acids is 1. The highest BCUT2D eigenvalue weighted by atomic mass is 16.5. The van der Waals surface area contributed by atoms with Crippen molar-refractivity contribution >= 4 is 5.97 Å². The molecule has 1 aromatic heterocycles. The first-order valence-corrected chi connectivity index (χ1v) is 9.71. The molecule has 2 heterocycles. The Balaban J connectivity index is 1.50. The van der Waals surface area contributed by atoms with E-state index in [1.807, 2.05) is 13.8 Å².